The first-order valence-electron chi connectivity index (χ1n) is 13.5. The van der Waals surface area contributed by atoms with Crippen molar-refractivity contribution in [2.24, 2.45) is 16.3 Å². The first-order valence-corrected chi connectivity index (χ1v) is 15.4. The number of benzene rings is 3. The fraction of sp³-hybridized carbons (Fsp3) is 0.273. The summed E-state index contributed by atoms with van der Waals surface area (Å²) in [6.07, 6.45) is 4.70. The molecule has 4 aromatic rings. The van der Waals surface area contributed by atoms with Gasteiger partial charge in [0.2, 0.25) is 0 Å². The second-order valence-electron chi connectivity index (χ2n) is 11.3. The number of nitrogens with zero attached hydrogens (tertiary/aromatic N) is 1. The van der Waals surface area contributed by atoms with Crippen molar-refractivity contribution in [3.63, 3.8) is 0 Å². The maximum absolute atomic E-state index is 13.6. The average molecular weight is 626 g/mol. The summed E-state index contributed by atoms with van der Waals surface area (Å²) < 4.78 is 5.91. The lowest BCUT2D eigenvalue weighted by Crippen LogP contribution is -2.27. The Morgan fingerprint density at radius 1 is 1.02 bits per heavy atom. The Bertz CT molecular complexity index is 1570. The van der Waals surface area contributed by atoms with Crippen LogP contribution in [-0.4, -0.2) is 12.1 Å². The quantitative estimate of drug-likeness (QED) is 0.208. The number of anilines is 1. The zero-order valence-corrected chi connectivity index (χ0v) is 26.2. The third-order valence-electron chi connectivity index (χ3n) is 7.40. The van der Waals surface area contributed by atoms with Crippen LogP contribution >= 0.6 is 46.1 Å². The Kier molecular flexibility index (Phi) is 9.10. The monoisotopic (exact) mass is 624 g/mol. The van der Waals surface area contributed by atoms with Crippen LogP contribution in [0, 0.1) is 11.3 Å². The van der Waals surface area contributed by atoms with Crippen LogP contribution in [0.3, 0.4) is 0 Å². The average Bonchev–Trinajstić information content (AvgIpc) is 3.32. The van der Waals surface area contributed by atoms with E-state index in [0.717, 1.165) is 46.7 Å². The molecule has 0 aliphatic heterocycles. The van der Waals surface area contributed by atoms with Gasteiger partial charge >= 0.3 is 0 Å². The summed E-state index contributed by atoms with van der Waals surface area (Å²) in [5.41, 5.74) is 4.56. The van der Waals surface area contributed by atoms with Gasteiger partial charge in [0.15, 0.2) is 0 Å². The molecule has 1 aromatic heterocycles. The molecule has 0 spiro atoms. The predicted molar refractivity (Wildman–Crippen MR) is 173 cm³/mol. The highest BCUT2D eigenvalue weighted by Gasteiger charge is 2.33. The van der Waals surface area contributed by atoms with E-state index in [1.807, 2.05) is 42.5 Å². The number of hydrogen-bond acceptors (Lipinski definition) is 4. The molecule has 5 rings (SSSR count). The third-order valence-corrected chi connectivity index (χ3v) is 9.55. The molecular formula is C33H31Cl3N2O2S. The van der Waals surface area contributed by atoms with Gasteiger partial charge in [0.1, 0.15) is 17.4 Å². The molecule has 41 heavy (non-hydrogen) atoms. The SMILES string of the molecule is CC(C)(C)[C@H]1CCc2c(sc(N=Cc3ccc(OCc4ccc(Cl)c(Cl)c4)cc3)c2C(=O)Nc2ccc(Cl)cc2)C1. The first-order chi connectivity index (χ1) is 19.6. The van der Waals surface area contributed by atoms with Crippen LogP contribution in [0.1, 0.15) is 59.1 Å². The van der Waals surface area contributed by atoms with Crippen molar-refractivity contribution in [2.75, 3.05) is 5.32 Å². The maximum Gasteiger partial charge on any atom is 0.259 e. The smallest absolute Gasteiger partial charge is 0.259 e. The summed E-state index contributed by atoms with van der Waals surface area (Å²) in [6.45, 7) is 7.26. The van der Waals surface area contributed by atoms with E-state index in [1.165, 1.54) is 4.88 Å². The van der Waals surface area contributed by atoms with Gasteiger partial charge in [-0.2, -0.15) is 0 Å². The van der Waals surface area contributed by atoms with E-state index in [0.29, 0.717) is 38.8 Å². The normalized spacial score (nSPS) is 15.1. The van der Waals surface area contributed by atoms with Crippen LogP contribution in [0.2, 0.25) is 15.1 Å². The highest BCUT2D eigenvalue weighted by Crippen LogP contribution is 2.45. The molecule has 0 unspecified atom stereocenters. The van der Waals surface area contributed by atoms with E-state index in [2.05, 4.69) is 26.1 Å². The molecule has 0 fully saturated rings. The summed E-state index contributed by atoms with van der Waals surface area (Å²) in [5.74, 6) is 1.15. The number of rotatable bonds is 7. The molecule has 4 nitrogen and oxygen atoms in total. The second kappa shape index (κ2) is 12.6. The van der Waals surface area contributed by atoms with Gasteiger partial charge < -0.3 is 10.1 Å². The number of thiophene rings is 1. The number of fused-ring (bicyclic) bond motifs is 1. The molecule has 1 aliphatic carbocycles. The molecule has 1 N–H and O–H groups in total. The molecule has 212 valence electrons. The minimum Gasteiger partial charge on any atom is -0.489 e. The second-order valence-corrected chi connectivity index (χ2v) is 13.6. The Morgan fingerprint density at radius 2 is 1.76 bits per heavy atom. The Labute approximate surface area is 260 Å². The summed E-state index contributed by atoms with van der Waals surface area (Å²) in [4.78, 5) is 19.7. The molecule has 8 heteroatoms. The topological polar surface area (TPSA) is 50.7 Å². The fourth-order valence-electron chi connectivity index (χ4n) is 4.94. The first kappa shape index (κ1) is 29.7. The van der Waals surface area contributed by atoms with Crippen molar-refractivity contribution < 1.29 is 9.53 Å². The van der Waals surface area contributed by atoms with Crippen molar-refractivity contribution >= 4 is 68.9 Å². The number of amides is 1. The Balaban J connectivity index is 1.35. The summed E-state index contributed by atoms with van der Waals surface area (Å²) >= 11 is 19.8. The molecule has 3 aromatic carbocycles. The molecule has 1 heterocycles. The van der Waals surface area contributed by atoms with Gasteiger partial charge in [0.05, 0.1) is 15.6 Å². The van der Waals surface area contributed by atoms with E-state index in [-0.39, 0.29) is 11.3 Å². The minimum absolute atomic E-state index is 0.141. The van der Waals surface area contributed by atoms with Crippen LogP contribution in [0.15, 0.2) is 71.7 Å². The molecule has 0 bridgehead atoms. The van der Waals surface area contributed by atoms with Crippen molar-refractivity contribution in [1.82, 2.24) is 0 Å². The van der Waals surface area contributed by atoms with Crippen molar-refractivity contribution in [3.8, 4) is 5.75 Å². The molecule has 0 radical (unpaired) electrons. The number of carbonyl (C=O) groups is 1. The zero-order valence-electron chi connectivity index (χ0n) is 23.1. The highest BCUT2D eigenvalue weighted by atomic mass is 35.5. The van der Waals surface area contributed by atoms with E-state index < -0.39 is 0 Å². The molecule has 0 saturated carbocycles. The number of nitrogens with one attached hydrogen (secondary N) is 1. The van der Waals surface area contributed by atoms with Gasteiger partial charge in [0, 0.05) is 21.8 Å². The molecule has 1 aliphatic rings. The summed E-state index contributed by atoms with van der Waals surface area (Å²) in [6, 6.07) is 20.3. The Morgan fingerprint density at radius 3 is 2.44 bits per heavy atom. The van der Waals surface area contributed by atoms with Crippen LogP contribution < -0.4 is 10.1 Å². The van der Waals surface area contributed by atoms with Gasteiger partial charge in [0.25, 0.3) is 5.91 Å². The van der Waals surface area contributed by atoms with E-state index >= 15 is 0 Å². The van der Waals surface area contributed by atoms with E-state index in [4.69, 9.17) is 44.5 Å². The maximum atomic E-state index is 13.6. The van der Waals surface area contributed by atoms with Crippen LogP contribution in [0.4, 0.5) is 10.7 Å². The van der Waals surface area contributed by atoms with Crippen molar-refractivity contribution in [2.45, 2.75) is 46.6 Å². The standard InChI is InChI=1S/C33H31Cl3N2O2S/c1-33(2,3)22-7-14-26-29(17-22)41-32(30(26)31(39)38-24-10-8-23(34)9-11-24)37-18-20-4-12-25(13-5-20)40-19-21-6-15-27(35)28(36)16-21/h4-6,8-13,15-16,18,22H,7,14,17,19H2,1-3H3,(H,38,39)/t22-/m0/s1. The van der Waals surface area contributed by atoms with Crippen molar-refractivity contribution in [3.05, 3.63) is 109 Å². The Hall–Kier alpha value is -2.83. The van der Waals surface area contributed by atoms with Crippen LogP contribution in [0.25, 0.3) is 0 Å². The van der Waals surface area contributed by atoms with Gasteiger partial charge in [-0.1, -0.05) is 61.6 Å². The largest absolute Gasteiger partial charge is 0.489 e. The summed E-state index contributed by atoms with van der Waals surface area (Å²) in [5, 5.41) is 5.43. The number of halogens is 3. The number of aliphatic imine (C=N–C) groups is 1. The van der Waals surface area contributed by atoms with Gasteiger partial charge in [-0.15, -0.1) is 11.3 Å². The zero-order chi connectivity index (χ0) is 29.1. The van der Waals surface area contributed by atoms with Gasteiger partial charge in [-0.3, -0.25) is 4.79 Å². The molecular weight excluding hydrogens is 595 g/mol. The van der Waals surface area contributed by atoms with Crippen LogP contribution in [-0.2, 0) is 19.4 Å². The predicted octanol–water partition coefficient (Wildman–Crippen LogP) is 10.4. The van der Waals surface area contributed by atoms with E-state index in [1.54, 1.807) is 41.8 Å². The van der Waals surface area contributed by atoms with Gasteiger partial charge in [-0.25, -0.2) is 4.99 Å². The lowest BCUT2D eigenvalue weighted by Gasteiger charge is -2.33. The van der Waals surface area contributed by atoms with Crippen LogP contribution in [0.5, 0.6) is 5.75 Å². The molecule has 1 atom stereocenters. The molecule has 1 amide bonds. The van der Waals surface area contributed by atoms with Crippen molar-refractivity contribution in [1.29, 1.82) is 0 Å². The lowest BCUT2D eigenvalue weighted by atomic mass is 9.72. The summed E-state index contributed by atoms with van der Waals surface area (Å²) in [7, 11) is 0. The minimum atomic E-state index is -0.141. The number of hydrogen-bond donors (Lipinski definition) is 1. The fourth-order valence-corrected chi connectivity index (χ4v) is 6.66. The highest BCUT2D eigenvalue weighted by molar-refractivity contribution is 7.16. The third kappa shape index (κ3) is 7.34. The van der Waals surface area contributed by atoms with Gasteiger partial charge in [-0.05, 0) is 108 Å². The van der Waals surface area contributed by atoms with E-state index in [9.17, 15) is 4.79 Å². The lowest BCUT2D eigenvalue weighted by molar-refractivity contribution is 0.102. The number of ether oxygens (including phenoxy) is 1. The number of carbonyl (C=O) groups excluding carboxylic acids is 1. The molecule has 0 saturated heterocycles.